The summed E-state index contributed by atoms with van der Waals surface area (Å²) in [6.45, 7) is 6.79. The fourth-order valence-electron chi connectivity index (χ4n) is 5.28. The molecule has 0 spiro atoms. The Labute approximate surface area is 223 Å². The Kier molecular flexibility index (Phi) is 18.6. The molecule has 206 valence electrons. The van der Waals surface area contributed by atoms with Gasteiger partial charge in [-0.1, -0.05) is 148 Å². The van der Waals surface area contributed by atoms with Crippen LogP contribution in [0.4, 0.5) is 0 Å². The average Bonchev–Trinajstić information content (AvgIpc) is 3.38. The van der Waals surface area contributed by atoms with Crippen molar-refractivity contribution in [2.45, 2.75) is 142 Å². The zero-order chi connectivity index (χ0) is 25.5. The molecule has 0 aliphatic carbocycles. The van der Waals surface area contributed by atoms with Gasteiger partial charge in [0.1, 0.15) is 12.6 Å². The van der Waals surface area contributed by atoms with Crippen LogP contribution in [0, 0.1) is 5.92 Å². The van der Waals surface area contributed by atoms with Gasteiger partial charge in [0.15, 0.2) is 0 Å². The molecule has 1 aliphatic rings. The summed E-state index contributed by atoms with van der Waals surface area (Å²) < 4.78 is 11.9. The third kappa shape index (κ3) is 15.0. The molecule has 0 saturated heterocycles. The van der Waals surface area contributed by atoms with Crippen molar-refractivity contribution in [3.8, 4) is 0 Å². The average molecular weight is 500 g/mol. The van der Waals surface area contributed by atoms with Crippen LogP contribution in [0.25, 0.3) is 0 Å². The van der Waals surface area contributed by atoms with E-state index in [0.717, 1.165) is 24.0 Å². The van der Waals surface area contributed by atoms with Gasteiger partial charge in [0.25, 0.3) is 0 Å². The van der Waals surface area contributed by atoms with Crippen LogP contribution in [0.5, 0.6) is 0 Å². The third-order valence-electron chi connectivity index (χ3n) is 7.65. The predicted octanol–water partition coefficient (Wildman–Crippen LogP) is 9.92. The molecule has 2 unspecified atom stereocenters. The molecule has 0 fully saturated rings. The molecule has 0 aromatic heterocycles. The van der Waals surface area contributed by atoms with Crippen LogP contribution in [-0.4, -0.2) is 31.8 Å². The van der Waals surface area contributed by atoms with E-state index in [-0.39, 0.29) is 6.04 Å². The highest BCUT2D eigenvalue weighted by molar-refractivity contribution is 5.95. The Morgan fingerprint density at radius 2 is 1.25 bits per heavy atom. The van der Waals surface area contributed by atoms with Crippen molar-refractivity contribution in [3.63, 3.8) is 0 Å². The second-order valence-electron chi connectivity index (χ2n) is 11.0. The van der Waals surface area contributed by atoms with Gasteiger partial charge in [0.05, 0.1) is 6.61 Å². The van der Waals surface area contributed by atoms with E-state index in [2.05, 4.69) is 26.0 Å². The first-order valence-electron chi connectivity index (χ1n) is 15.7. The van der Waals surface area contributed by atoms with Gasteiger partial charge in [-0.05, 0) is 24.5 Å². The van der Waals surface area contributed by atoms with Gasteiger partial charge in [-0.2, -0.15) is 0 Å². The first kappa shape index (κ1) is 30.9. The molecule has 3 nitrogen and oxygen atoms in total. The highest BCUT2D eigenvalue weighted by atomic mass is 16.5. The standard InChI is InChI=1S/C33H57NO2/c1-3-5-7-9-10-11-12-13-14-16-19-23-30(22-18-15-8-6-4-2)26-27-35-28-32-29-36-33(34-32)31-24-20-17-21-25-31/h17,20-21,24-25,30,32H,3-16,18-19,22-23,26-29H2,1-2H3. The highest BCUT2D eigenvalue weighted by Crippen LogP contribution is 2.23. The van der Waals surface area contributed by atoms with E-state index in [1.165, 1.54) is 122 Å². The van der Waals surface area contributed by atoms with Gasteiger partial charge in [-0.15, -0.1) is 0 Å². The van der Waals surface area contributed by atoms with Crippen LogP contribution < -0.4 is 0 Å². The van der Waals surface area contributed by atoms with Crippen LogP contribution >= 0.6 is 0 Å². The van der Waals surface area contributed by atoms with Crippen molar-refractivity contribution < 1.29 is 9.47 Å². The summed E-state index contributed by atoms with van der Waals surface area (Å²) in [5.74, 6) is 1.60. The Balaban J connectivity index is 1.57. The predicted molar refractivity (Wildman–Crippen MR) is 156 cm³/mol. The van der Waals surface area contributed by atoms with Gasteiger partial charge in [-0.25, -0.2) is 4.99 Å². The molecule has 2 rings (SSSR count). The fraction of sp³-hybridized carbons (Fsp3) is 0.788. The van der Waals surface area contributed by atoms with E-state index in [4.69, 9.17) is 14.5 Å². The number of benzene rings is 1. The summed E-state index contributed by atoms with van der Waals surface area (Å²) in [5.41, 5.74) is 1.06. The Morgan fingerprint density at radius 3 is 1.81 bits per heavy atom. The minimum atomic E-state index is 0.138. The largest absolute Gasteiger partial charge is 0.475 e. The van der Waals surface area contributed by atoms with Gasteiger partial charge in [0, 0.05) is 12.2 Å². The van der Waals surface area contributed by atoms with Crippen molar-refractivity contribution in [1.82, 2.24) is 0 Å². The maximum absolute atomic E-state index is 6.10. The second-order valence-corrected chi connectivity index (χ2v) is 11.0. The molecule has 0 amide bonds. The lowest BCUT2D eigenvalue weighted by Crippen LogP contribution is -2.16. The summed E-state index contributed by atoms with van der Waals surface area (Å²) in [6, 6.07) is 10.3. The zero-order valence-corrected chi connectivity index (χ0v) is 23.9. The molecular formula is C33H57NO2. The lowest BCUT2D eigenvalue weighted by atomic mass is 9.91. The van der Waals surface area contributed by atoms with E-state index in [9.17, 15) is 0 Å². The summed E-state index contributed by atoms with van der Waals surface area (Å²) >= 11 is 0. The number of rotatable bonds is 24. The van der Waals surface area contributed by atoms with E-state index in [0.29, 0.717) is 13.2 Å². The van der Waals surface area contributed by atoms with E-state index in [1.807, 2.05) is 18.2 Å². The number of nitrogens with zero attached hydrogens (tertiary/aromatic N) is 1. The van der Waals surface area contributed by atoms with Gasteiger partial charge >= 0.3 is 0 Å². The number of unbranched alkanes of at least 4 members (excludes halogenated alkanes) is 14. The topological polar surface area (TPSA) is 30.8 Å². The van der Waals surface area contributed by atoms with Crippen molar-refractivity contribution in [3.05, 3.63) is 35.9 Å². The summed E-state index contributed by atoms with van der Waals surface area (Å²) in [5, 5.41) is 0. The van der Waals surface area contributed by atoms with Gasteiger partial charge < -0.3 is 9.47 Å². The highest BCUT2D eigenvalue weighted by Gasteiger charge is 2.20. The lowest BCUT2D eigenvalue weighted by Gasteiger charge is -2.17. The summed E-state index contributed by atoms with van der Waals surface area (Å²) in [7, 11) is 0. The minimum Gasteiger partial charge on any atom is -0.475 e. The molecule has 3 heteroatoms. The molecule has 1 aromatic rings. The van der Waals surface area contributed by atoms with Crippen molar-refractivity contribution in [2.75, 3.05) is 19.8 Å². The number of hydrogen-bond acceptors (Lipinski definition) is 3. The Bertz CT molecular complexity index is 644. The molecule has 0 N–H and O–H groups in total. The molecule has 1 aromatic carbocycles. The maximum atomic E-state index is 6.10. The fourth-order valence-corrected chi connectivity index (χ4v) is 5.28. The molecule has 0 saturated carbocycles. The smallest absolute Gasteiger partial charge is 0.216 e. The Hall–Kier alpha value is -1.35. The van der Waals surface area contributed by atoms with E-state index < -0.39 is 0 Å². The van der Waals surface area contributed by atoms with Crippen LogP contribution in [0.1, 0.15) is 141 Å². The Morgan fingerprint density at radius 1 is 0.722 bits per heavy atom. The van der Waals surface area contributed by atoms with Crippen LogP contribution in [-0.2, 0) is 9.47 Å². The van der Waals surface area contributed by atoms with Crippen molar-refractivity contribution in [1.29, 1.82) is 0 Å². The molecule has 0 radical (unpaired) electrons. The zero-order valence-electron chi connectivity index (χ0n) is 23.9. The van der Waals surface area contributed by atoms with Crippen LogP contribution in [0.3, 0.4) is 0 Å². The molecular weight excluding hydrogens is 442 g/mol. The van der Waals surface area contributed by atoms with E-state index in [1.54, 1.807) is 0 Å². The SMILES string of the molecule is CCCCCCCCCCCCCC(CCCCCCC)CCOCC1COC(c2ccccc2)=N1. The van der Waals surface area contributed by atoms with Crippen molar-refractivity contribution in [2.24, 2.45) is 10.9 Å². The minimum absolute atomic E-state index is 0.138. The van der Waals surface area contributed by atoms with E-state index >= 15 is 0 Å². The van der Waals surface area contributed by atoms with Crippen LogP contribution in [0.15, 0.2) is 35.3 Å². The normalized spacial score (nSPS) is 16.2. The van der Waals surface area contributed by atoms with Crippen LogP contribution in [0.2, 0.25) is 0 Å². The molecule has 36 heavy (non-hydrogen) atoms. The molecule has 1 heterocycles. The van der Waals surface area contributed by atoms with Gasteiger partial charge in [0.2, 0.25) is 5.90 Å². The maximum Gasteiger partial charge on any atom is 0.216 e. The number of ether oxygens (including phenoxy) is 2. The second kappa shape index (κ2) is 21.7. The lowest BCUT2D eigenvalue weighted by molar-refractivity contribution is 0.0983. The van der Waals surface area contributed by atoms with Gasteiger partial charge in [-0.3, -0.25) is 0 Å². The first-order chi connectivity index (χ1) is 17.8. The molecule has 0 bridgehead atoms. The number of hydrogen-bond donors (Lipinski definition) is 0. The third-order valence-corrected chi connectivity index (χ3v) is 7.65. The first-order valence-corrected chi connectivity index (χ1v) is 15.7. The molecule has 1 aliphatic heterocycles. The summed E-state index contributed by atoms with van der Waals surface area (Å²) in [4.78, 5) is 4.73. The monoisotopic (exact) mass is 499 g/mol. The quantitative estimate of drug-likeness (QED) is 0.132. The molecule has 2 atom stereocenters. The number of aliphatic imine (C=N–C) groups is 1. The summed E-state index contributed by atoms with van der Waals surface area (Å²) in [6.07, 6.45) is 26.6. The van der Waals surface area contributed by atoms with Crippen molar-refractivity contribution >= 4 is 5.90 Å².